The topological polar surface area (TPSA) is 56.3 Å². The standard InChI is InChI=1S/C10H19N3O2S/c1-7(2)9-12-10(16-13-9)11-5-8(15-4)6-14-3/h7-8H,5-6H2,1-4H3,(H,11,12,13). The molecule has 0 amide bonds. The largest absolute Gasteiger partial charge is 0.382 e. The maximum absolute atomic E-state index is 5.24. The number of ether oxygens (including phenoxy) is 2. The Morgan fingerprint density at radius 3 is 2.62 bits per heavy atom. The molecule has 0 bridgehead atoms. The highest BCUT2D eigenvalue weighted by Crippen LogP contribution is 2.17. The lowest BCUT2D eigenvalue weighted by atomic mass is 10.2. The first-order valence-electron chi connectivity index (χ1n) is 5.26. The molecule has 0 spiro atoms. The SMILES string of the molecule is COCC(CNc1nc(C(C)C)ns1)OC. The number of aromatic nitrogens is 2. The van der Waals surface area contributed by atoms with Crippen LogP contribution in [-0.4, -0.2) is 42.8 Å². The molecule has 6 heteroatoms. The van der Waals surface area contributed by atoms with Crippen molar-refractivity contribution >= 4 is 16.7 Å². The van der Waals surface area contributed by atoms with Gasteiger partial charge < -0.3 is 14.8 Å². The normalized spacial score (nSPS) is 13.1. The van der Waals surface area contributed by atoms with Crippen LogP contribution in [-0.2, 0) is 9.47 Å². The average molecular weight is 245 g/mol. The molecule has 0 fully saturated rings. The van der Waals surface area contributed by atoms with E-state index >= 15 is 0 Å². The smallest absolute Gasteiger partial charge is 0.202 e. The summed E-state index contributed by atoms with van der Waals surface area (Å²) in [4.78, 5) is 4.38. The van der Waals surface area contributed by atoms with Gasteiger partial charge in [0.2, 0.25) is 5.13 Å². The van der Waals surface area contributed by atoms with Crippen LogP contribution in [0.5, 0.6) is 0 Å². The number of anilines is 1. The van der Waals surface area contributed by atoms with E-state index in [-0.39, 0.29) is 6.10 Å². The quantitative estimate of drug-likeness (QED) is 0.793. The summed E-state index contributed by atoms with van der Waals surface area (Å²) < 4.78 is 14.5. The van der Waals surface area contributed by atoms with Gasteiger partial charge >= 0.3 is 0 Å². The van der Waals surface area contributed by atoms with Crippen LogP contribution >= 0.6 is 11.5 Å². The van der Waals surface area contributed by atoms with Gasteiger partial charge in [-0.1, -0.05) is 13.8 Å². The van der Waals surface area contributed by atoms with Gasteiger partial charge in [-0.15, -0.1) is 0 Å². The van der Waals surface area contributed by atoms with Crippen molar-refractivity contribution in [2.75, 3.05) is 32.7 Å². The van der Waals surface area contributed by atoms with Gasteiger partial charge in [0.05, 0.1) is 12.7 Å². The molecule has 1 aromatic rings. The van der Waals surface area contributed by atoms with Gasteiger partial charge in [-0.2, -0.15) is 4.37 Å². The van der Waals surface area contributed by atoms with Gasteiger partial charge in [0.1, 0.15) is 5.82 Å². The average Bonchev–Trinajstić information content (AvgIpc) is 2.73. The number of nitrogens with one attached hydrogen (secondary N) is 1. The summed E-state index contributed by atoms with van der Waals surface area (Å²) in [5.41, 5.74) is 0. The number of nitrogens with zero attached hydrogens (tertiary/aromatic N) is 2. The second-order valence-electron chi connectivity index (χ2n) is 3.81. The van der Waals surface area contributed by atoms with Crippen LogP contribution in [0.25, 0.3) is 0 Å². The highest BCUT2D eigenvalue weighted by atomic mass is 32.1. The molecule has 0 aliphatic heterocycles. The summed E-state index contributed by atoms with van der Waals surface area (Å²) in [6, 6.07) is 0. The highest BCUT2D eigenvalue weighted by Gasteiger charge is 2.10. The van der Waals surface area contributed by atoms with Gasteiger partial charge in [-0.25, -0.2) is 4.98 Å². The zero-order valence-corrected chi connectivity index (χ0v) is 11.0. The molecule has 0 aliphatic rings. The fourth-order valence-corrected chi connectivity index (χ4v) is 1.85. The molecule has 0 saturated carbocycles. The van der Waals surface area contributed by atoms with Gasteiger partial charge in [0.15, 0.2) is 0 Å². The molecule has 92 valence electrons. The van der Waals surface area contributed by atoms with Crippen LogP contribution < -0.4 is 5.32 Å². The molecule has 16 heavy (non-hydrogen) atoms. The minimum Gasteiger partial charge on any atom is -0.382 e. The van der Waals surface area contributed by atoms with Crippen LogP contribution in [0, 0.1) is 0 Å². The summed E-state index contributed by atoms with van der Waals surface area (Å²) in [5, 5.41) is 4.03. The second kappa shape index (κ2) is 6.78. The molecule has 1 aromatic heterocycles. The first-order chi connectivity index (χ1) is 7.67. The van der Waals surface area contributed by atoms with Crippen molar-refractivity contribution in [3.05, 3.63) is 5.82 Å². The van der Waals surface area contributed by atoms with Crippen LogP contribution in [0.4, 0.5) is 5.13 Å². The Bertz CT molecular complexity index is 304. The van der Waals surface area contributed by atoms with Crippen LogP contribution in [0.3, 0.4) is 0 Å². The zero-order valence-electron chi connectivity index (χ0n) is 10.2. The highest BCUT2D eigenvalue weighted by molar-refractivity contribution is 7.09. The van der Waals surface area contributed by atoms with Gasteiger partial charge in [0.25, 0.3) is 0 Å². The Labute approximate surface area is 100 Å². The Hall–Kier alpha value is -0.720. The van der Waals surface area contributed by atoms with E-state index in [0.717, 1.165) is 11.0 Å². The minimum atomic E-state index is 0.0383. The number of hydrogen-bond acceptors (Lipinski definition) is 6. The van der Waals surface area contributed by atoms with Crippen molar-refractivity contribution in [2.24, 2.45) is 0 Å². The molecule has 1 heterocycles. The summed E-state index contributed by atoms with van der Waals surface area (Å²) >= 11 is 1.38. The van der Waals surface area contributed by atoms with Crippen molar-refractivity contribution < 1.29 is 9.47 Å². The Kier molecular flexibility index (Phi) is 5.65. The van der Waals surface area contributed by atoms with Crippen molar-refractivity contribution in [1.29, 1.82) is 0 Å². The van der Waals surface area contributed by atoms with Crippen molar-refractivity contribution in [2.45, 2.75) is 25.9 Å². The lowest BCUT2D eigenvalue weighted by molar-refractivity contribution is 0.0365. The first-order valence-corrected chi connectivity index (χ1v) is 6.04. The van der Waals surface area contributed by atoms with E-state index in [1.807, 2.05) is 0 Å². The third-order valence-corrected chi connectivity index (χ3v) is 2.81. The fourth-order valence-electron chi connectivity index (χ4n) is 1.14. The fraction of sp³-hybridized carbons (Fsp3) is 0.800. The van der Waals surface area contributed by atoms with E-state index < -0.39 is 0 Å². The van der Waals surface area contributed by atoms with E-state index in [1.54, 1.807) is 14.2 Å². The predicted molar refractivity (Wildman–Crippen MR) is 65.2 cm³/mol. The van der Waals surface area contributed by atoms with Gasteiger partial charge in [0, 0.05) is 38.2 Å². The Morgan fingerprint density at radius 1 is 1.38 bits per heavy atom. The molecule has 0 radical (unpaired) electrons. The second-order valence-corrected chi connectivity index (χ2v) is 4.56. The van der Waals surface area contributed by atoms with Crippen LogP contribution in [0.2, 0.25) is 0 Å². The molecule has 0 aliphatic carbocycles. The summed E-state index contributed by atoms with van der Waals surface area (Å²) in [6.45, 7) is 5.40. The Morgan fingerprint density at radius 2 is 2.12 bits per heavy atom. The molecule has 1 rings (SSSR count). The number of methoxy groups -OCH3 is 2. The minimum absolute atomic E-state index is 0.0383. The number of rotatable bonds is 7. The molecule has 1 unspecified atom stereocenters. The van der Waals surface area contributed by atoms with Crippen LogP contribution in [0.15, 0.2) is 0 Å². The van der Waals surface area contributed by atoms with E-state index in [2.05, 4.69) is 28.5 Å². The molecule has 0 saturated heterocycles. The predicted octanol–water partition coefficient (Wildman–Crippen LogP) is 1.73. The van der Waals surface area contributed by atoms with E-state index in [1.165, 1.54) is 11.5 Å². The number of hydrogen-bond donors (Lipinski definition) is 1. The molecule has 1 N–H and O–H groups in total. The van der Waals surface area contributed by atoms with Crippen molar-refractivity contribution in [3.8, 4) is 0 Å². The summed E-state index contributed by atoms with van der Waals surface area (Å²) in [7, 11) is 3.33. The Balaban J connectivity index is 2.41. The third-order valence-electron chi connectivity index (χ3n) is 2.12. The molecular weight excluding hydrogens is 226 g/mol. The maximum atomic E-state index is 5.24. The zero-order chi connectivity index (χ0) is 12.0. The molecule has 0 aromatic carbocycles. The third kappa shape index (κ3) is 4.03. The van der Waals surface area contributed by atoms with Crippen molar-refractivity contribution in [3.63, 3.8) is 0 Å². The van der Waals surface area contributed by atoms with E-state index in [9.17, 15) is 0 Å². The molecule has 5 nitrogen and oxygen atoms in total. The monoisotopic (exact) mass is 245 g/mol. The maximum Gasteiger partial charge on any atom is 0.202 e. The summed E-state index contributed by atoms with van der Waals surface area (Å²) in [6.07, 6.45) is 0.0383. The first kappa shape index (κ1) is 13.3. The molecule has 1 atom stereocenters. The van der Waals surface area contributed by atoms with E-state index in [0.29, 0.717) is 19.1 Å². The lowest BCUT2D eigenvalue weighted by Gasteiger charge is -2.13. The van der Waals surface area contributed by atoms with Crippen LogP contribution in [0.1, 0.15) is 25.6 Å². The molecular formula is C10H19N3O2S. The lowest BCUT2D eigenvalue weighted by Crippen LogP contribution is -2.26. The van der Waals surface area contributed by atoms with Gasteiger partial charge in [-0.3, -0.25) is 0 Å². The summed E-state index contributed by atoms with van der Waals surface area (Å²) in [5.74, 6) is 1.25. The van der Waals surface area contributed by atoms with Crippen molar-refractivity contribution in [1.82, 2.24) is 9.36 Å². The van der Waals surface area contributed by atoms with E-state index in [4.69, 9.17) is 9.47 Å². The van der Waals surface area contributed by atoms with Gasteiger partial charge in [-0.05, 0) is 0 Å².